The van der Waals surface area contributed by atoms with Crippen LogP contribution in [0.3, 0.4) is 0 Å². The van der Waals surface area contributed by atoms with Crippen LogP contribution in [0.4, 0.5) is 0 Å². The highest BCUT2D eigenvalue weighted by molar-refractivity contribution is 5.81. The molecule has 7 heteroatoms. The third-order valence-corrected chi connectivity index (χ3v) is 6.19. The van der Waals surface area contributed by atoms with E-state index in [1.54, 1.807) is 0 Å². The summed E-state index contributed by atoms with van der Waals surface area (Å²) in [6.45, 7) is 6.95. The number of hydrogen-bond donors (Lipinski definition) is 2. The standard InChI is InChI=1S/C22H40N4O3/c1-2-23-22(24-13-10-21(27)25-18-7-3-4-8-18)26-14-11-19(12-15-26)29-17-20-9-5-6-16-28-20/h18-20H,2-17H2,1H3,(H,23,24)(H,25,27). The highest BCUT2D eigenvalue weighted by atomic mass is 16.5. The zero-order valence-corrected chi connectivity index (χ0v) is 18.2. The van der Waals surface area contributed by atoms with E-state index >= 15 is 0 Å². The number of nitrogens with one attached hydrogen (secondary N) is 2. The number of amides is 1. The maximum absolute atomic E-state index is 12.1. The second kappa shape index (κ2) is 12.4. The molecule has 3 aliphatic rings. The van der Waals surface area contributed by atoms with Crippen LogP contribution < -0.4 is 10.6 Å². The SMILES string of the molecule is CCNC(=NCCC(=O)NC1CCCC1)N1CCC(OCC2CCCCO2)CC1. The minimum Gasteiger partial charge on any atom is -0.376 e. The van der Waals surface area contributed by atoms with Gasteiger partial charge in [0.25, 0.3) is 0 Å². The second-order valence-corrected chi connectivity index (χ2v) is 8.54. The van der Waals surface area contributed by atoms with Gasteiger partial charge in [-0.15, -0.1) is 0 Å². The van der Waals surface area contributed by atoms with Crippen molar-refractivity contribution in [3.63, 3.8) is 0 Å². The third kappa shape index (κ3) is 7.78. The van der Waals surface area contributed by atoms with Crippen molar-refractivity contribution in [2.24, 2.45) is 4.99 Å². The minimum absolute atomic E-state index is 0.133. The largest absolute Gasteiger partial charge is 0.376 e. The summed E-state index contributed by atoms with van der Waals surface area (Å²) in [4.78, 5) is 19.1. The van der Waals surface area contributed by atoms with Gasteiger partial charge in [-0.25, -0.2) is 0 Å². The topological polar surface area (TPSA) is 75.2 Å². The van der Waals surface area contributed by atoms with Gasteiger partial charge in [-0.1, -0.05) is 12.8 Å². The van der Waals surface area contributed by atoms with Crippen molar-refractivity contribution in [2.45, 2.75) is 89.4 Å². The maximum atomic E-state index is 12.1. The predicted octanol–water partition coefficient (Wildman–Crippen LogP) is 2.45. The van der Waals surface area contributed by atoms with Gasteiger partial charge in [-0.05, 0) is 51.9 Å². The summed E-state index contributed by atoms with van der Waals surface area (Å²) in [5.41, 5.74) is 0. The van der Waals surface area contributed by atoms with E-state index in [0.29, 0.717) is 25.1 Å². The summed E-state index contributed by atoms with van der Waals surface area (Å²) in [5, 5.41) is 6.52. The first-order chi connectivity index (χ1) is 14.2. The number of guanidine groups is 1. The first-order valence-electron chi connectivity index (χ1n) is 11.8. The molecular formula is C22H40N4O3. The normalized spacial score (nSPS) is 24.7. The first kappa shape index (κ1) is 22.3. The number of carbonyl (C=O) groups is 1. The maximum Gasteiger partial charge on any atom is 0.222 e. The molecule has 1 aliphatic carbocycles. The van der Waals surface area contributed by atoms with Crippen LogP contribution >= 0.6 is 0 Å². The third-order valence-electron chi connectivity index (χ3n) is 6.19. The molecule has 3 fully saturated rings. The Labute approximate surface area is 176 Å². The molecule has 1 saturated carbocycles. The van der Waals surface area contributed by atoms with E-state index in [4.69, 9.17) is 14.5 Å². The molecule has 166 valence electrons. The first-order valence-corrected chi connectivity index (χ1v) is 11.8. The summed E-state index contributed by atoms with van der Waals surface area (Å²) in [7, 11) is 0. The van der Waals surface area contributed by atoms with Crippen LogP contribution in [-0.4, -0.2) is 74.4 Å². The Kier molecular flexibility index (Phi) is 9.54. The molecule has 0 spiro atoms. The lowest BCUT2D eigenvalue weighted by molar-refractivity contribution is -0.121. The Morgan fingerprint density at radius 2 is 1.86 bits per heavy atom. The van der Waals surface area contributed by atoms with E-state index in [1.165, 1.54) is 25.7 Å². The van der Waals surface area contributed by atoms with Gasteiger partial charge >= 0.3 is 0 Å². The van der Waals surface area contributed by atoms with Gasteiger partial charge < -0.3 is 25.0 Å². The monoisotopic (exact) mass is 408 g/mol. The number of carbonyl (C=O) groups excluding carboxylic acids is 1. The average molecular weight is 409 g/mol. The summed E-state index contributed by atoms with van der Waals surface area (Å²) >= 11 is 0. The highest BCUT2D eigenvalue weighted by Crippen LogP contribution is 2.19. The van der Waals surface area contributed by atoms with Crippen molar-refractivity contribution in [1.82, 2.24) is 15.5 Å². The highest BCUT2D eigenvalue weighted by Gasteiger charge is 2.24. The van der Waals surface area contributed by atoms with Gasteiger partial charge in [0, 0.05) is 38.7 Å². The second-order valence-electron chi connectivity index (χ2n) is 8.54. The van der Waals surface area contributed by atoms with Crippen LogP contribution in [0.2, 0.25) is 0 Å². The van der Waals surface area contributed by atoms with E-state index < -0.39 is 0 Å². The molecule has 0 bridgehead atoms. The average Bonchev–Trinajstić information content (AvgIpc) is 3.26. The van der Waals surface area contributed by atoms with Crippen LogP contribution in [0.1, 0.15) is 71.1 Å². The molecule has 1 unspecified atom stereocenters. The fourth-order valence-corrected chi connectivity index (χ4v) is 4.48. The summed E-state index contributed by atoms with van der Waals surface area (Å²) in [5.74, 6) is 1.06. The molecule has 0 aromatic carbocycles. The lowest BCUT2D eigenvalue weighted by Crippen LogP contribution is -2.47. The van der Waals surface area contributed by atoms with Gasteiger partial charge in [-0.3, -0.25) is 9.79 Å². The van der Waals surface area contributed by atoms with Crippen LogP contribution in [0.5, 0.6) is 0 Å². The number of ether oxygens (including phenoxy) is 2. The molecule has 0 radical (unpaired) electrons. The number of hydrogen-bond acceptors (Lipinski definition) is 4. The van der Waals surface area contributed by atoms with E-state index in [9.17, 15) is 4.79 Å². The number of piperidine rings is 1. The molecule has 3 rings (SSSR count). The van der Waals surface area contributed by atoms with Crippen molar-refractivity contribution < 1.29 is 14.3 Å². The molecule has 1 amide bonds. The summed E-state index contributed by atoms with van der Waals surface area (Å²) < 4.78 is 11.9. The minimum atomic E-state index is 0.133. The van der Waals surface area contributed by atoms with E-state index in [-0.39, 0.29) is 12.0 Å². The summed E-state index contributed by atoms with van der Waals surface area (Å²) in [6, 6.07) is 0.387. The van der Waals surface area contributed by atoms with Crippen molar-refractivity contribution >= 4 is 11.9 Å². The Hall–Kier alpha value is -1.34. The summed E-state index contributed by atoms with van der Waals surface area (Å²) in [6.07, 6.45) is 11.4. The molecular weight excluding hydrogens is 368 g/mol. The molecule has 0 aromatic rings. The number of aliphatic imine (C=N–C) groups is 1. The molecule has 29 heavy (non-hydrogen) atoms. The van der Waals surface area contributed by atoms with Crippen molar-refractivity contribution in [3.05, 3.63) is 0 Å². The fraction of sp³-hybridized carbons (Fsp3) is 0.909. The van der Waals surface area contributed by atoms with Gasteiger partial charge in [0.05, 0.1) is 25.4 Å². The van der Waals surface area contributed by atoms with E-state index in [1.807, 2.05) is 0 Å². The molecule has 7 nitrogen and oxygen atoms in total. The quantitative estimate of drug-likeness (QED) is 0.477. The van der Waals surface area contributed by atoms with Gasteiger partial charge in [0.15, 0.2) is 5.96 Å². The van der Waals surface area contributed by atoms with Gasteiger partial charge in [-0.2, -0.15) is 0 Å². The van der Waals surface area contributed by atoms with Crippen LogP contribution in [0.25, 0.3) is 0 Å². The van der Waals surface area contributed by atoms with Crippen molar-refractivity contribution in [1.29, 1.82) is 0 Å². The smallest absolute Gasteiger partial charge is 0.222 e. The van der Waals surface area contributed by atoms with Crippen molar-refractivity contribution in [2.75, 3.05) is 39.4 Å². The Bertz CT molecular complexity index is 508. The molecule has 1 atom stereocenters. The zero-order valence-electron chi connectivity index (χ0n) is 18.2. The molecule has 2 saturated heterocycles. The van der Waals surface area contributed by atoms with Gasteiger partial charge in [0.1, 0.15) is 0 Å². The molecule has 0 aromatic heterocycles. The van der Waals surface area contributed by atoms with Crippen LogP contribution in [0.15, 0.2) is 4.99 Å². The number of likely N-dealkylation sites (tertiary alicyclic amines) is 1. The van der Waals surface area contributed by atoms with Crippen LogP contribution in [-0.2, 0) is 14.3 Å². The predicted molar refractivity (Wildman–Crippen MR) is 115 cm³/mol. The van der Waals surface area contributed by atoms with Gasteiger partial charge in [0.2, 0.25) is 5.91 Å². The molecule has 2 heterocycles. The van der Waals surface area contributed by atoms with Crippen molar-refractivity contribution in [3.8, 4) is 0 Å². The van der Waals surface area contributed by atoms with E-state index in [2.05, 4.69) is 22.5 Å². The van der Waals surface area contributed by atoms with E-state index in [0.717, 1.165) is 70.9 Å². The Morgan fingerprint density at radius 1 is 1.10 bits per heavy atom. The Morgan fingerprint density at radius 3 is 2.55 bits per heavy atom. The Balaban J connectivity index is 1.36. The fourth-order valence-electron chi connectivity index (χ4n) is 4.48. The number of nitrogens with zero attached hydrogens (tertiary/aromatic N) is 2. The number of rotatable bonds is 8. The zero-order chi connectivity index (χ0) is 20.3. The molecule has 2 aliphatic heterocycles. The van der Waals surface area contributed by atoms with Crippen LogP contribution in [0, 0.1) is 0 Å². The molecule has 2 N–H and O–H groups in total. The lowest BCUT2D eigenvalue weighted by atomic mass is 10.1. The lowest BCUT2D eigenvalue weighted by Gasteiger charge is -2.35.